The van der Waals surface area contributed by atoms with E-state index in [1.54, 1.807) is 11.2 Å². The number of amides is 1. The maximum absolute atomic E-state index is 13.0. The van der Waals surface area contributed by atoms with Crippen molar-refractivity contribution >= 4 is 22.6 Å². The van der Waals surface area contributed by atoms with E-state index in [0.29, 0.717) is 19.3 Å². The number of benzene rings is 2. The third-order valence-corrected chi connectivity index (χ3v) is 5.77. The molecule has 2 aromatic carbocycles. The van der Waals surface area contributed by atoms with Crippen LogP contribution in [0.2, 0.25) is 0 Å². The number of carbonyl (C=O) groups excluding carboxylic acids is 1. The Kier molecular flexibility index (Phi) is 6.42. The van der Waals surface area contributed by atoms with Gasteiger partial charge < -0.3 is 9.32 Å². The van der Waals surface area contributed by atoms with Crippen LogP contribution in [0.3, 0.4) is 0 Å². The first-order valence-electron chi connectivity index (χ1n) is 10.9. The fourth-order valence-electron chi connectivity index (χ4n) is 4.09. The van der Waals surface area contributed by atoms with Crippen molar-refractivity contribution in [2.75, 3.05) is 11.9 Å². The lowest BCUT2D eigenvalue weighted by molar-refractivity contribution is -0.122. The summed E-state index contributed by atoms with van der Waals surface area (Å²) in [5.74, 6) is 6.51. The molecule has 4 rings (SSSR count). The van der Waals surface area contributed by atoms with Gasteiger partial charge in [-0.1, -0.05) is 54.9 Å². The van der Waals surface area contributed by atoms with Crippen LogP contribution in [0.25, 0.3) is 11.0 Å². The van der Waals surface area contributed by atoms with Crippen molar-refractivity contribution in [2.45, 2.75) is 26.2 Å². The largest absolute Gasteiger partial charge is 0.464 e. The molecule has 3 heteroatoms. The fraction of sp³-hybridized carbons (Fsp3) is 0.207. The van der Waals surface area contributed by atoms with Gasteiger partial charge in [-0.2, -0.15) is 0 Å². The highest BCUT2D eigenvalue weighted by molar-refractivity contribution is 5.98. The fourth-order valence-corrected chi connectivity index (χ4v) is 4.09. The summed E-state index contributed by atoms with van der Waals surface area (Å²) in [6.45, 7) is 6.02. The molecule has 1 aliphatic rings. The van der Waals surface area contributed by atoms with Crippen LogP contribution in [0.4, 0.5) is 5.69 Å². The van der Waals surface area contributed by atoms with Gasteiger partial charge >= 0.3 is 0 Å². The number of anilines is 1. The van der Waals surface area contributed by atoms with E-state index in [0.717, 1.165) is 38.9 Å². The van der Waals surface area contributed by atoms with Gasteiger partial charge in [0.2, 0.25) is 5.91 Å². The first-order valence-corrected chi connectivity index (χ1v) is 10.9. The van der Waals surface area contributed by atoms with Gasteiger partial charge in [0.05, 0.1) is 6.26 Å². The highest BCUT2D eigenvalue weighted by Gasteiger charge is 2.30. The number of carbonyl (C=O) groups is 1. The standard InChI is InChI=1S/C29H27NO2/c1-4-5-6-8-21(2)9-7-10-22-12-14-27-25(17-22)20-26(29(31)30(27)3)18-23-11-13-24-15-16-32-28(24)19-23/h4-6,8,11-17,19,26H,2,9,18,20H2,1,3H3/b5-4-,8-6-. The zero-order valence-electron chi connectivity index (χ0n) is 18.6. The molecule has 0 spiro atoms. The summed E-state index contributed by atoms with van der Waals surface area (Å²) in [4.78, 5) is 14.8. The van der Waals surface area contributed by atoms with Crippen LogP contribution in [0.15, 0.2) is 89.6 Å². The Morgan fingerprint density at radius 2 is 2.09 bits per heavy atom. The van der Waals surface area contributed by atoms with Crippen molar-refractivity contribution in [3.63, 3.8) is 0 Å². The van der Waals surface area contributed by atoms with E-state index in [9.17, 15) is 4.79 Å². The van der Waals surface area contributed by atoms with E-state index in [1.165, 1.54) is 0 Å². The normalized spacial score (nSPS) is 15.9. The molecule has 0 bridgehead atoms. The molecule has 1 unspecified atom stereocenters. The quantitative estimate of drug-likeness (QED) is 0.361. The minimum absolute atomic E-state index is 0.0975. The second-order valence-corrected chi connectivity index (χ2v) is 8.16. The van der Waals surface area contributed by atoms with Gasteiger partial charge in [-0.05, 0) is 66.8 Å². The molecule has 1 aliphatic heterocycles. The minimum atomic E-state index is -0.0975. The molecule has 0 saturated heterocycles. The number of nitrogens with zero attached hydrogens (tertiary/aromatic N) is 1. The molecule has 3 aromatic rings. The van der Waals surface area contributed by atoms with E-state index in [1.807, 2.05) is 62.5 Å². The molecule has 0 radical (unpaired) electrons. The number of allylic oxidation sites excluding steroid dienone is 5. The summed E-state index contributed by atoms with van der Waals surface area (Å²) in [7, 11) is 1.86. The zero-order valence-corrected chi connectivity index (χ0v) is 18.6. The lowest BCUT2D eigenvalue weighted by atomic mass is 9.86. The van der Waals surface area contributed by atoms with Crippen molar-refractivity contribution in [2.24, 2.45) is 5.92 Å². The van der Waals surface area contributed by atoms with Gasteiger partial charge in [0.1, 0.15) is 5.58 Å². The lowest BCUT2D eigenvalue weighted by Gasteiger charge is -2.31. The van der Waals surface area contributed by atoms with Gasteiger partial charge in [0.25, 0.3) is 0 Å². The van der Waals surface area contributed by atoms with Crippen LogP contribution in [0.1, 0.15) is 30.0 Å². The molecular weight excluding hydrogens is 394 g/mol. The van der Waals surface area contributed by atoms with Gasteiger partial charge in [0.15, 0.2) is 0 Å². The number of furan rings is 1. The minimum Gasteiger partial charge on any atom is -0.464 e. The summed E-state index contributed by atoms with van der Waals surface area (Å²) in [6.07, 6.45) is 11.6. The molecule has 1 aromatic heterocycles. The second kappa shape index (κ2) is 9.58. The Hall–Kier alpha value is -3.77. The van der Waals surface area contributed by atoms with Gasteiger partial charge in [-0.15, -0.1) is 0 Å². The molecule has 3 nitrogen and oxygen atoms in total. The first-order chi connectivity index (χ1) is 15.5. The Morgan fingerprint density at radius 1 is 1.22 bits per heavy atom. The third-order valence-electron chi connectivity index (χ3n) is 5.77. The smallest absolute Gasteiger partial charge is 0.230 e. The monoisotopic (exact) mass is 421 g/mol. The number of hydrogen-bond donors (Lipinski definition) is 0. The molecule has 0 aliphatic carbocycles. The highest BCUT2D eigenvalue weighted by atomic mass is 16.3. The lowest BCUT2D eigenvalue weighted by Crippen LogP contribution is -2.39. The van der Waals surface area contributed by atoms with E-state index < -0.39 is 0 Å². The summed E-state index contributed by atoms with van der Waals surface area (Å²) < 4.78 is 5.53. The van der Waals surface area contributed by atoms with Crippen LogP contribution in [-0.2, 0) is 17.6 Å². The summed E-state index contributed by atoms with van der Waals surface area (Å²) in [5, 5.41) is 1.08. The Labute approximate surface area is 189 Å². The SMILES string of the molecule is C=C(/C=C\C=C/C)CC#Cc1ccc2c(c1)CC(Cc1ccc3ccoc3c1)C(=O)N2C. The van der Waals surface area contributed by atoms with Gasteiger partial charge in [-0.3, -0.25) is 4.79 Å². The Balaban J connectivity index is 1.49. The van der Waals surface area contributed by atoms with E-state index in [2.05, 4.69) is 36.6 Å². The van der Waals surface area contributed by atoms with E-state index in [-0.39, 0.29) is 11.8 Å². The van der Waals surface area contributed by atoms with Crippen molar-refractivity contribution in [1.82, 2.24) is 0 Å². The second-order valence-electron chi connectivity index (χ2n) is 8.16. The van der Waals surface area contributed by atoms with E-state index >= 15 is 0 Å². The average molecular weight is 422 g/mol. The molecule has 0 saturated carbocycles. The predicted octanol–water partition coefficient (Wildman–Crippen LogP) is 6.24. The maximum Gasteiger partial charge on any atom is 0.230 e. The van der Waals surface area contributed by atoms with Crippen molar-refractivity contribution < 1.29 is 9.21 Å². The highest BCUT2D eigenvalue weighted by Crippen LogP contribution is 2.32. The average Bonchev–Trinajstić information content (AvgIpc) is 3.25. The first kappa shape index (κ1) is 21.5. The van der Waals surface area contributed by atoms with Crippen LogP contribution in [0, 0.1) is 17.8 Å². The van der Waals surface area contributed by atoms with Crippen molar-refractivity contribution in [1.29, 1.82) is 0 Å². The van der Waals surface area contributed by atoms with Crippen molar-refractivity contribution in [3.8, 4) is 11.8 Å². The number of fused-ring (bicyclic) bond motifs is 2. The topological polar surface area (TPSA) is 33.5 Å². The Morgan fingerprint density at radius 3 is 2.94 bits per heavy atom. The molecule has 1 amide bonds. The van der Waals surface area contributed by atoms with Crippen molar-refractivity contribution in [3.05, 3.63) is 102 Å². The molecular formula is C29H27NO2. The number of rotatable bonds is 5. The van der Waals surface area contributed by atoms with Crippen LogP contribution < -0.4 is 4.90 Å². The molecule has 0 N–H and O–H groups in total. The predicted molar refractivity (Wildman–Crippen MR) is 132 cm³/mol. The zero-order chi connectivity index (χ0) is 22.5. The van der Waals surface area contributed by atoms with Gasteiger partial charge in [0, 0.05) is 36.0 Å². The summed E-state index contributed by atoms with van der Waals surface area (Å²) in [5.41, 5.74) is 6.05. The molecule has 1 atom stereocenters. The van der Waals surface area contributed by atoms with Crippen LogP contribution in [-0.4, -0.2) is 13.0 Å². The summed E-state index contributed by atoms with van der Waals surface area (Å²) >= 11 is 0. The summed E-state index contributed by atoms with van der Waals surface area (Å²) in [6, 6.07) is 14.2. The van der Waals surface area contributed by atoms with E-state index in [4.69, 9.17) is 4.42 Å². The van der Waals surface area contributed by atoms with Gasteiger partial charge in [-0.25, -0.2) is 0 Å². The van der Waals surface area contributed by atoms with Crippen LogP contribution in [0.5, 0.6) is 0 Å². The molecule has 160 valence electrons. The molecule has 32 heavy (non-hydrogen) atoms. The van der Waals surface area contributed by atoms with Crippen LogP contribution >= 0.6 is 0 Å². The molecule has 2 heterocycles. The third kappa shape index (κ3) is 4.76. The maximum atomic E-state index is 13.0. The Bertz CT molecular complexity index is 1280. The molecule has 0 fully saturated rings. The number of hydrogen-bond acceptors (Lipinski definition) is 2.